The molecule has 0 fully saturated rings. The van der Waals surface area contributed by atoms with Crippen LogP contribution in [0.5, 0.6) is 0 Å². The molecule has 0 aliphatic rings. The molecule has 4 aromatic rings. The van der Waals surface area contributed by atoms with Gasteiger partial charge in [-0.25, -0.2) is 0 Å². The van der Waals surface area contributed by atoms with Gasteiger partial charge in [0.25, 0.3) is 0 Å². The Morgan fingerprint density at radius 2 is 1.46 bits per heavy atom. The minimum atomic E-state index is -4.65. The van der Waals surface area contributed by atoms with Crippen LogP contribution in [-0.2, 0) is 16.1 Å². The number of rotatable bonds is 4. The summed E-state index contributed by atoms with van der Waals surface area (Å²) in [5.74, 6) is -1.24. The first kappa shape index (κ1) is 18.5. The number of esters is 1. The Morgan fingerprint density at radius 3 is 2.07 bits per heavy atom. The fraction of sp³-hybridized carbons (Fsp3) is 0.261. The fourth-order valence-electron chi connectivity index (χ4n) is 3.68. The first-order valence-corrected chi connectivity index (χ1v) is 9.15. The molecule has 0 heterocycles. The van der Waals surface area contributed by atoms with E-state index >= 15 is 0 Å². The van der Waals surface area contributed by atoms with Crippen LogP contribution in [-0.4, -0.2) is 12.1 Å². The second kappa shape index (κ2) is 6.36. The van der Waals surface area contributed by atoms with Gasteiger partial charge in [-0.15, -0.1) is 0 Å². The Balaban J connectivity index is 1.75. The van der Waals surface area contributed by atoms with Gasteiger partial charge in [-0.1, -0.05) is 61.5 Å². The Hall–Kier alpha value is -2.82. The summed E-state index contributed by atoms with van der Waals surface area (Å²) in [4.78, 5) is 12.2. The Kier molecular flexibility index (Phi) is 4.21. The number of benzene rings is 4. The summed E-state index contributed by atoms with van der Waals surface area (Å²) in [5, 5.41) is 6.28. The highest BCUT2D eigenvalue weighted by Gasteiger charge is 2.56. The van der Waals surface area contributed by atoms with Crippen molar-refractivity contribution in [2.24, 2.45) is 5.41 Å². The van der Waals surface area contributed by atoms with Crippen molar-refractivity contribution >= 4 is 38.3 Å². The van der Waals surface area contributed by atoms with Gasteiger partial charge in [0.1, 0.15) is 6.61 Å². The van der Waals surface area contributed by atoms with E-state index in [1.165, 1.54) is 6.92 Å². The van der Waals surface area contributed by atoms with E-state index in [1.54, 1.807) is 0 Å². The standard InChI is InChI=1S/C23H19F3O2/c1-3-22(2,23(24,25)26)21(27)28-13-17-10-9-16-8-7-14-5-4-6-15-11-12-18(17)20(16)19(14)15/h4-12H,3,13H2,1-2H3. The molecule has 2 nitrogen and oxygen atoms in total. The average molecular weight is 384 g/mol. The lowest BCUT2D eigenvalue weighted by Gasteiger charge is -2.28. The van der Waals surface area contributed by atoms with Crippen LogP contribution in [0.4, 0.5) is 13.2 Å². The second-order valence-corrected chi connectivity index (χ2v) is 7.34. The normalized spacial score (nSPS) is 14.6. The van der Waals surface area contributed by atoms with E-state index in [0.29, 0.717) is 5.56 Å². The number of halogens is 3. The first-order chi connectivity index (χ1) is 13.3. The van der Waals surface area contributed by atoms with Gasteiger partial charge in [-0.3, -0.25) is 4.79 Å². The van der Waals surface area contributed by atoms with E-state index in [9.17, 15) is 18.0 Å². The summed E-state index contributed by atoms with van der Waals surface area (Å²) in [6, 6.07) is 17.8. The van der Waals surface area contributed by atoms with Gasteiger partial charge < -0.3 is 4.74 Å². The first-order valence-electron chi connectivity index (χ1n) is 9.15. The summed E-state index contributed by atoms with van der Waals surface area (Å²) < 4.78 is 45.1. The van der Waals surface area contributed by atoms with Crippen molar-refractivity contribution in [3.05, 3.63) is 60.2 Å². The molecule has 0 saturated heterocycles. The molecule has 0 radical (unpaired) electrons. The van der Waals surface area contributed by atoms with Crippen molar-refractivity contribution in [1.29, 1.82) is 0 Å². The van der Waals surface area contributed by atoms with Crippen molar-refractivity contribution in [3.63, 3.8) is 0 Å². The van der Waals surface area contributed by atoms with Crippen molar-refractivity contribution in [3.8, 4) is 0 Å². The lowest BCUT2D eigenvalue weighted by Crippen LogP contribution is -2.43. The monoisotopic (exact) mass is 384 g/mol. The van der Waals surface area contributed by atoms with E-state index in [0.717, 1.165) is 39.2 Å². The maximum absolute atomic E-state index is 13.3. The third kappa shape index (κ3) is 2.68. The van der Waals surface area contributed by atoms with E-state index in [4.69, 9.17) is 4.74 Å². The van der Waals surface area contributed by atoms with Gasteiger partial charge in [-0.2, -0.15) is 13.2 Å². The molecular weight excluding hydrogens is 365 g/mol. The molecule has 0 saturated carbocycles. The lowest BCUT2D eigenvalue weighted by atomic mass is 9.87. The van der Waals surface area contributed by atoms with Crippen LogP contribution in [0.3, 0.4) is 0 Å². The van der Waals surface area contributed by atoms with Gasteiger partial charge in [-0.05, 0) is 51.2 Å². The highest BCUT2D eigenvalue weighted by molar-refractivity contribution is 6.23. The summed E-state index contributed by atoms with van der Waals surface area (Å²) >= 11 is 0. The van der Waals surface area contributed by atoms with Gasteiger partial charge in [0.2, 0.25) is 0 Å². The summed E-state index contributed by atoms with van der Waals surface area (Å²) in [5.41, 5.74) is -1.81. The number of hydrogen-bond donors (Lipinski definition) is 0. The summed E-state index contributed by atoms with van der Waals surface area (Å²) in [6.07, 6.45) is -5.02. The van der Waals surface area contributed by atoms with Crippen LogP contribution in [0.25, 0.3) is 32.3 Å². The molecule has 0 bridgehead atoms. The smallest absolute Gasteiger partial charge is 0.404 e. The number of carbonyl (C=O) groups excluding carboxylic acids is 1. The Labute approximate surface area is 160 Å². The molecule has 1 unspecified atom stereocenters. The summed E-state index contributed by atoms with van der Waals surface area (Å²) in [7, 11) is 0. The number of ether oxygens (including phenoxy) is 1. The SMILES string of the molecule is CCC(C)(C(=O)OCc1ccc2ccc3cccc4ccc1c2c34)C(F)(F)F. The van der Waals surface area contributed by atoms with Crippen LogP contribution in [0.15, 0.2) is 54.6 Å². The fourth-order valence-corrected chi connectivity index (χ4v) is 3.68. The molecule has 0 aliphatic carbocycles. The quantitative estimate of drug-likeness (QED) is 0.292. The number of alkyl halides is 3. The maximum atomic E-state index is 13.3. The van der Waals surface area contributed by atoms with Crippen molar-refractivity contribution in [1.82, 2.24) is 0 Å². The van der Waals surface area contributed by atoms with Crippen LogP contribution >= 0.6 is 0 Å². The van der Waals surface area contributed by atoms with Crippen LogP contribution in [0, 0.1) is 5.41 Å². The molecule has 0 amide bonds. The van der Waals surface area contributed by atoms with E-state index < -0.39 is 17.6 Å². The van der Waals surface area contributed by atoms with E-state index in [-0.39, 0.29) is 13.0 Å². The zero-order valence-corrected chi connectivity index (χ0v) is 15.6. The van der Waals surface area contributed by atoms with Gasteiger partial charge in [0.05, 0.1) is 0 Å². The Bertz CT molecular complexity index is 1160. The molecule has 4 aromatic carbocycles. The van der Waals surface area contributed by atoms with Gasteiger partial charge in [0, 0.05) is 0 Å². The molecule has 0 N–H and O–H groups in total. The highest BCUT2D eigenvalue weighted by atomic mass is 19.4. The molecule has 28 heavy (non-hydrogen) atoms. The van der Waals surface area contributed by atoms with Gasteiger partial charge in [0.15, 0.2) is 5.41 Å². The van der Waals surface area contributed by atoms with Crippen molar-refractivity contribution in [2.75, 3.05) is 0 Å². The Morgan fingerprint density at radius 1 is 0.893 bits per heavy atom. The molecule has 0 aromatic heterocycles. The van der Waals surface area contributed by atoms with Gasteiger partial charge >= 0.3 is 12.1 Å². The third-order valence-electron chi connectivity index (χ3n) is 5.76. The van der Waals surface area contributed by atoms with Crippen LogP contribution in [0.2, 0.25) is 0 Å². The molecule has 4 rings (SSSR count). The van der Waals surface area contributed by atoms with E-state index in [2.05, 4.69) is 6.07 Å². The lowest BCUT2D eigenvalue weighted by molar-refractivity contribution is -0.231. The predicted octanol–water partition coefficient (Wildman–Crippen LogP) is 6.61. The third-order valence-corrected chi connectivity index (χ3v) is 5.76. The van der Waals surface area contributed by atoms with E-state index in [1.807, 2.05) is 48.5 Å². The molecule has 1 atom stereocenters. The zero-order chi connectivity index (χ0) is 20.1. The maximum Gasteiger partial charge on any atom is 0.404 e. The predicted molar refractivity (Wildman–Crippen MR) is 104 cm³/mol. The van der Waals surface area contributed by atoms with Crippen molar-refractivity contribution < 1.29 is 22.7 Å². The zero-order valence-electron chi connectivity index (χ0n) is 15.6. The topological polar surface area (TPSA) is 26.3 Å². The number of hydrogen-bond acceptors (Lipinski definition) is 2. The molecular formula is C23H19F3O2. The average Bonchev–Trinajstić information content (AvgIpc) is 2.69. The van der Waals surface area contributed by atoms with Crippen LogP contribution in [0.1, 0.15) is 25.8 Å². The molecule has 5 heteroatoms. The highest BCUT2D eigenvalue weighted by Crippen LogP contribution is 2.42. The number of carbonyl (C=O) groups is 1. The largest absolute Gasteiger partial charge is 0.460 e. The minimum Gasteiger partial charge on any atom is -0.460 e. The second-order valence-electron chi connectivity index (χ2n) is 7.34. The molecule has 0 aliphatic heterocycles. The molecule has 0 spiro atoms. The molecule has 144 valence electrons. The summed E-state index contributed by atoms with van der Waals surface area (Å²) in [6.45, 7) is 2.03. The van der Waals surface area contributed by atoms with Crippen LogP contribution < -0.4 is 0 Å². The van der Waals surface area contributed by atoms with Crippen molar-refractivity contribution in [2.45, 2.75) is 33.1 Å². The minimum absolute atomic E-state index is 0.196.